The Labute approximate surface area is 123 Å². The molecule has 0 fully saturated rings. The summed E-state index contributed by atoms with van der Waals surface area (Å²) in [6.45, 7) is 0. The van der Waals surface area contributed by atoms with Gasteiger partial charge in [-0.15, -0.1) is 11.3 Å². The van der Waals surface area contributed by atoms with Gasteiger partial charge in [0.25, 0.3) is 0 Å². The lowest BCUT2D eigenvalue weighted by atomic mass is 10.00. The van der Waals surface area contributed by atoms with Gasteiger partial charge in [0.05, 0.1) is 0 Å². The molecule has 0 radical (unpaired) electrons. The molecule has 20 heavy (non-hydrogen) atoms. The fourth-order valence-electron chi connectivity index (χ4n) is 2.51. The van der Waals surface area contributed by atoms with Gasteiger partial charge < -0.3 is 0 Å². The molecule has 3 rings (SSSR count). The summed E-state index contributed by atoms with van der Waals surface area (Å²) in [4.78, 5) is 1.37. The molecule has 0 amide bonds. The molecule has 0 aliphatic carbocycles. The van der Waals surface area contributed by atoms with Crippen molar-refractivity contribution in [2.75, 3.05) is 0 Å². The second-order valence-corrected chi connectivity index (χ2v) is 6.06. The van der Waals surface area contributed by atoms with E-state index in [-0.39, 0.29) is 6.04 Å². The lowest BCUT2D eigenvalue weighted by Gasteiger charge is -2.15. The van der Waals surface area contributed by atoms with Gasteiger partial charge in [-0.25, -0.2) is 0 Å². The molecule has 3 N–H and O–H groups in total. The number of hydrogen-bond donors (Lipinski definition) is 2. The molecular formula is C17H18N2S. The van der Waals surface area contributed by atoms with Crippen molar-refractivity contribution in [1.82, 2.24) is 5.43 Å². The molecule has 0 aliphatic heterocycles. The first-order valence-electron chi connectivity index (χ1n) is 6.81. The monoisotopic (exact) mass is 282 g/mol. The lowest BCUT2D eigenvalue weighted by Crippen LogP contribution is -2.38. The number of nitrogens with one attached hydrogen (secondary N) is 1. The topological polar surface area (TPSA) is 38.0 Å². The average molecular weight is 282 g/mol. The highest BCUT2D eigenvalue weighted by Crippen LogP contribution is 2.18. The summed E-state index contributed by atoms with van der Waals surface area (Å²) in [5.41, 5.74) is 4.27. The summed E-state index contributed by atoms with van der Waals surface area (Å²) >= 11 is 1.78. The molecule has 0 aliphatic rings. The highest BCUT2D eigenvalue weighted by molar-refractivity contribution is 7.09. The van der Waals surface area contributed by atoms with Crippen LogP contribution in [-0.2, 0) is 12.8 Å². The van der Waals surface area contributed by atoms with Gasteiger partial charge in [-0.3, -0.25) is 11.3 Å². The fourth-order valence-corrected chi connectivity index (χ4v) is 3.30. The van der Waals surface area contributed by atoms with Crippen molar-refractivity contribution in [3.63, 3.8) is 0 Å². The van der Waals surface area contributed by atoms with Crippen molar-refractivity contribution in [3.05, 3.63) is 70.4 Å². The van der Waals surface area contributed by atoms with Crippen LogP contribution in [0, 0.1) is 0 Å². The molecule has 102 valence electrons. The number of hydrogen-bond acceptors (Lipinski definition) is 3. The van der Waals surface area contributed by atoms with Crippen molar-refractivity contribution < 1.29 is 0 Å². The van der Waals surface area contributed by atoms with Gasteiger partial charge in [0, 0.05) is 10.9 Å². The first-order valence-corrected chi connectivity index (χ1v) is 7.69. The van der Waals surface area contributed by atoms with E-state index < -0.39 is 0 Å². The van der Waals surface area contributed by atoms with Gasteiger partial charge in [-0.2, -0.15) is 0 Å². The maximum absolute atomic E-state index is 5.70. The third-order valence-corrected chi connectivity index (χ3v) is 4.46. The van der Waals surface area contributed by atoms with Gasteiger partial charge in [0.15, 0.2) is 0 Å². The van der Waals surface area contributed by atoms with E-state index in [0.717, 1.165) is 12.8 Å². The van der Waals surface area contributed by atoms with E-state index in [1.165, 1.54) is 21.2 Å². The first kappa shape index (κ1) is 13.3. The summed E-state index contributed by atoms with van der Waals surface area (Å²) in [7, 11) is 0. The maximum atomic E-state index is 5.70. The highest BCUT2D eigenvalue weighted by atomic mass is 32.1. The van der Waals surface area contributed by atoms with Gasteiger partial charge in [-0.05, 0) is 40.6 Å². The summed E-state index contributed by atoms with van der Waals surface area (Å²) in [6.07, 6.45) is 1.92. The van der Waals surface area contributed by atoms with Crippen LogP contribution in [0.25, 0.3) is 10.8 Å². The SMILES string of the molecule is NNC(Cc1ccc2ccccc2c1)Cc1cccs1. The zero-order valence-corrected chi connectivity index (χ0v) is 12.1. The van der Waals surface area contributed by atoms with Crippen LogP contribution in [0.15, 0.2) is 60.0 Å². The summed E-state index contributed by atoms with van der Waals surface area (Å²) in [6, 6.07) is 19.6. The Balaban J connectivity index is 1.76. The predicted octanol–water partition coefficient (Wildman–Crippen LogP) is 3.52. The van der Waals surface area contributed by atoms with E-state index >= 15 is 0 Å². The number of hydrazine groups is 1. The Hall–Kier alpha value is -1.68. The lowest BCUT2D eigenvalue weighted by molar-refractivity contribution is 0.526. The summed E-state index contributed by atoms with van der Waals surface area (Å²) < 4.78 is 0. The molecule has 1 atom stereocenters. The normalized spacial score (nSPS) is 12.7. The van der Waals surface area contributed by atoms with Crippen LogP contribution in [-0.4, -0.2) is 6.04 Å². The maximum Gasteiger partial charge on any atom is 0.0299 e. The van der Waals surface area contributed by atoms with Gasteiger partial charge in [0.1, 0.15) is 0 Å². The van der Waals surface area contributed by atoms with Crippen LogP contribution < -0.4 is 11.3 Å². The molecule has 0 saturated heterocycles. The standard InChI is InChI=1S/C17H18N2S/c18-19-16(12-17-6-3-9-20-17)11-13-7-8-14-4-1-2-5-15(14)10-13/h1-10,16,19H,11-12,18H2. The van der Waals surface area contributed by atoms with Gasteiger partial charge in [-0.1, -0.05) is 48.5 Å². The summed E-state index contributed by atoms with van der Waals surface area (Å²) in [5, 5.41) is 4.68. The third-order valence-electron chi connectivity index (χ3n) is 3.56. The van der Waals surface area contributed by atoms with E-state index in [4.69, 9.17) is 5.84 Å². The van der Waals surface area contributed by atoms with Crippen LogP contribution in [0.4, 0.5) is 0 Å². The number of nitrogens with two attached hydrogens (primary N) is 1. The fraction of sp³-hybridized carbons (Fsp3) is 0.176. The van der Waals surface area contributed by atoms with Crippen molar-refractivity contribution >= 4 is 22.1 Å². The number of fused-ring (bicyclic) bond motifs is 1. The predicted molar refractivity (Wildman–Crippen MR) is 86.8 cm³/mol. The Morgan fingerprint density at radius 1 is 0.950 bits per heavy atom. The van der Waals surface area contributed by atoms with E-state index in [9.17, 15) is 0 Å². The number of benzene rings is 2. The largest absolute Gasteiger partial charge is 0.271 e. The smallest absolute Gasteiger partial charge is 0.0299 e. The molecule has 0 bridgehead atoms. The van der Waals surface area contributed by atoms with Crippen LogP contribution in [0.5, 0.6) is 0 Å². The van der Waals surface area contributed by atoms with E-state index in [1.54, 1.807) is 11.3 Å². The second-order valence-electron chi connectivity index (χ2n) is 5.03. The molecule has 2 aromatic carbocycles. The number of rotatable bonds is 5. The molecule has 1 heterocycles. The van der Waals surface area contributed by atoms with Crippen LogP contribution >= 0.6 is 11.3 Å². The molecule has 3 aromatic rings. The quantitative estimate of drug-likeness (QED) is 0.555. The van der Waals surface area contributed by atoms with E-state index in [2.05, 4.69) is 65.4 Å². The van der Waals surface area contributed by atoms with Crippen molar-refractivity contribution in [2.45, 2.75) is 18.9 Å². The molecule has 0 spiro atoms. The Morgan fingerprint density at radius 3 is 2.55 bits per heavy atom. The minimum absolute atomic E-state index is 0.273. The highest BCUT2D eigenvalue weighted by Gasteiger charge is 2.10. The van der Waals surface area contributed by atoms with Crippen LogP contribution in [0.2, 0.25) is 0 Å². The van der Waals surface area contributed by atoms with Crippen molar-refractivity contribution in [3.8, 4) is 0 Å². The molecule has 3 heteroatoms. The minimum Gasteiger partial charge on any atom is -0.271 e. The van der Waals surface area contributed by atoms with E-state index in [0.29, 0.717) is 0 Å². The van der Waals surface area contributed by atoms with E-state index in [1.807, 2.05) is 0 Å². The Bertz CT molecular complexity index is 676. The average Bonchev–Trinajstić information content (AvgIpc) is 2.99. The van der Waals surface area contributed by atoms with Gasteiger partial charge in [0.2, 0.25) is 0 Å². The third kappa shape index (κ3) is 3.07. The second kappa shape index (κ2) is 6.18. The Morgan fingerprint density at radius 2 is 1.80 bits per heavy atom. The summed E-state index contributed by atoms with van der Waals surface area (Å²) in [5.74, 6) is 5.70. The van der Waals surface area contributed by atoms with Gasteiger partial charge >= 0.3 is 0 Å². The molecule has 0 saturated carbocycles. The number of thiophene rings is 1. The molecule has 1 aromatic heterocycles. The minimum atomic E-state index is 0.273. The zero-order chi connectivity index (χ0) is 13.8. The molecule has 2 nitrogen and oxygen atoms in total. The molecular weight excluding hydrogens is 264 g/mol. The zero-order valence-electron chi connectivity index (χ0n) is 11.3. The molecule has 1 unspecified atom stereocenters. The Kier molecular flexibility index (Phi) is 4.11. The van der Waals surface area contributed by atoms with Crippen molar-refractivity contribution in [1.29, 1.82) is 0 Å². The first-order chi connectivity index (χ1) is 9.85. The van der Waals surface area contributed by atoms with Crippen molar-refractivity contribution in [2.24, 2.45) is 5.84 Å². The van der Waals surface area contributed by atoms with Crippen LogP contribution in [0.3, 0.4) is 0 Å². The van der Waals surface area contributed by atoms with Crippen LogP contribution in [0.1, 0.15) is 10.4 Å².